The van der Waals surface area contributed by atoms with Crippen LogP contribution in [0.1, 0.15) is 187 Å². The van der Waals surface area contributed by atoms with E-state index in [0.29, 0.717) is 69.9 Å². The van der Waals surface area contributed by atoms with Crippen molar-refractivity contribution in [1.29, 1.82) is 0 Å². The zero-order valence-corrected chi connectivity index (χ0v) is 64.6. The average Bonchev–Trinajstić information content (AvgIpc) is 1.75. The highest BCUT2D eigenvalue weighted by Crippen LogP contribution is 2.39. The number of alkyl halides is 3. The maximum absolute atomic E-state index is 16.0. The minimum absolute atomic E-state index is 0.0422. The predicted molar refractivity (Wildman–Crippen MR) is 383 cm³/mol. The lowest BCUT2D eigenvalue weighted by molar-refractivity contribution is -0.159. The second-order valence-electron chi connectivity index (χ2n) is 31.7. The first-order chi connectivity index (χ1) is 50.5. The Balaban J connectivity index is 1.21. The van der Waals surface area contributed by atoms with E-state index in [1.165, 1.54) is 68.9 Å². The molecule has 3 N–H and O–H groups in total. The van der Waals surface area contributed by atoms with Crippen molar-refractivity contribution in [2.24, 2.45) is 23.7 Å². The number of likely N-dealkylation sites (N-methyl/N-ethyl adjacent to an activating group) is 7. The molecule has 11 atom stereocenters. The minimum Gasteiger partial charge on any atom is -0.377 e. The van der Waals surface area contributed by atoms with Crippen LogP contribution in [0.25, 0.3) is 0 Å². The summed E-state index contributed by atoms with van der Waals surface area (Å²) in [5, 5.41) is 8.59. The summed E-state index contributed by atoms with van der Waals surface area (Å²) >= 11 is 0. The molecule has 2 unspecified atom stereocenters. The van der Waals surface area contributed by atoms with Crippen LogP contribution in [0, 0.1) is 35.3 Å². The standard InChI is InChI=1S/C76H115F5N12O14/c1-13-46(5)65-72(103)87(8)41-62(96)85(6)42-63(97)89(10)58(36-47-23-17-15-18-24-47)70(101)86(7)40-60(94)82-55(30-27-48-34-53(77)64(54(78)35-48)76(79,80)81)69(100)92-39-52(107-14-2)37-57(92)68(99)84-75(31-21-22-32-75)74(105)91(12)66(49-25-19-16-20-26-49)73(104)90(11)59(71(102)93-50-28-29-51(93)44-106-43-50)38-61(95)88(9)56(33-45(3)4)67(98)83-65/h34-35,45-47,49-52,55-59,65-66H,13-33,36-44H2,1-12H3,(H,82,94)(H,83,98)(H,84,99)/t46-,50?,51?,52+,55-,56-,57-,58-,59-,65-,66-/m0/s1. The average molecular weight is 1520 g/mol. The highest BCUT2D eigenvalue weighted by Gasteiger charge is 2.53. The number of nitrogens with zero attached hydrogens (tertiary/aromatic N) is 9. The highest BCUT2D eigenvalue weighted by molar-refractivity contribution is 6.01. The molecule has 1 aromatic carbocycles. The van der Waals surface area contributed by atoms with Gasteiger partial charge in [-0.2, -0.15) is 13.2 Å². The van der Waals surface area contributed by atoms with Crippen LogP contribution in [0.15, 0.2) is 12.1 Å². The molecule has 7 fully saturated rings. The quantitative estimate of drug-likeness (QED) is 0.207. The summed E-state index contributed by atoms with van der Waals surface area (Å²) in [7, 11) is 9.75. The molecule has 4 heterocycles. The Kier molecular flexibility index (Phi) is 29.6. The molecule has 7 aliphatic rings. The molecule has 1 aromatic rings. The molecular weight excluding hydrogens is 1400 g/mol. The molecule has 8 rings (SSSR count). The summed E-state index contributed by atoms with van der Waals surface area (Å²) in [6.45, 7) is 7.35. The van der Waals surface area contributed by atoms with Crippen molar-refractivity contribution in [3.63, 3.8) is 0 Å². The molecular formula is C76H115F5N12O14. The molecule has 0 aromatic heterocycles. The number of benzene rings is 1. The molecule has 12 amide bonds. The van der Waals surface area contributed by atoms with E-state index < -0.39 is 199 Å². The topological polar surface area (TPSA) is 289 Å². The second-order valence-corrected chi connectivity index (χ2v) is 31.7. The van der Waals surface area contributed by atoms with Gasteiger partial charge in [0.15, 0.2) is 0 Å². The number of halogens is 5. The molecule has 107 heavy (non-hydrogen) atoms. The number of morpholine rings is 1. The molecule has 1 spiro atoms. The van der Waals surface area contributed by atoms with Gasteiger partial charge in [0.1, 0.15) is 65.0 Å². The van der Waals surface area contributed by atoms with Crippen molar-refractivity contribution in [3.05, 3.63) is 34.9 Å². The van der Waals surface area contributed by atoms with E-state index >= 15 is 37.5 Å². The Bertz CT molecular complexity index is 3350. The number of hydrogen-bond acceptors (Lipinski definition) is 14. The van der Waals surface area contributed by atoms with Gasteiger partial charge >= 0.3 is 6.18 Å². The van der Waals surface area contributed by atoms with Crippen LogP contribution in [-0.4, -0.2) is 276 Å². The fraction of sp³-hybridized carbons (Fsp3) is 0.763. The first-order valence-electron chi connectivity index (χ1n) is 38.6. The number of rotatable bonds is 13. The zero-order valence-electron chi connectivity index (χ0n) is 64.6. The summed E-state index contributed by atoms with van der Waals surface area (Å²) in [6.07, 6.45) is 2.20. The van der Waals surface area contributed by atoms with E-state index in [2.05, 4.69) is 16.0 Å². The monoisotopic (exact) mass is 1510 g/mol. The lowest BCUT2D eigenvalue weighted by Crippen LogP contribution is -2.65. The first-order valence-corrected chi connectivity index (χ1v) is 38.6. The number of amides is 12. The lowest BCUT2D eigenvalue weighted by atomic mass is 9.81. The van der Waals surface area contributed by atoms with Crippen LogP contribution in [0.3, 0.4) is 0 Å². The van der Waals surface area contributed by atoms with Gasteiger partial charge in [-0.3, -0.25) is 57.5 Å². The van der Waals surface area contributed by atoms with Crippen molar-refractivity contribution < 1.29 is 89.0 Å². The fourth-order valence-electron chi connectivity index (χ4n) is 17.1. The second kappa shape index (κ2) is 37.2. The summed E-state index contributed by atoms with van der Waals surface area (Å²) in [4.78, 5) is 193. The van der Waals surface area contributed by atoms with Crippen LogP contribution >= 0.6 is 0 Å². The Morgan fingerprint density at radius 3 is 1.80 bits per heavy atom. The molecule has 26 nitrogen and oxygen atoms in total. The van der Waals surface area contributed by atoms with Gasteiger partial charge in [-0.05, 0) is 112 Å². The third-order valence-electron chi connectivity index (χ3n) is 23.6. The third kappa shape index (κ3) is 20.5. The van der Waals surface area contributed by atoms with Gasteiger partial charge < -0.3 is 69.5 Å². The SMILES string of the molecule is CCO[C@@H]1C[C@H]2C(=O)NC3(CCCC3)C(=O)N(C)[C@@H](C3CCCCC3)C(=O)N(C)[C@H](C(=O)N3C4CCC3COC4)CC(=O)N(C)[C@@H](CC(C)C)C(=O)N[C@@H]([C@@H](C)CC)C(=O)N(C)CC(=O)N(C)CC(=O)N(C)[C@@H](CC3CCCCC3)C(=O)N(C)CC(=O)N[C@@H](CCc3cc(F)c(C(F)(F)F)c(F)c3)C(=O)N2C1. The molecule has 31 heteroatoms. The smallest absolute Gasteiger partial charge is 0.377 e. The zero-order chi connectivity index (χ0) is 78.7. The Labute approximate surface area is 625 Å². The van der Waals surface area contributed by atoms with Crippen LogP contribution < -0.4 is 16.0 Å². The Morgan fingerprint density at radius 1 is 0.645 bits per heavy atom. The van der Waals surface area contributed by atoms with E-state index in [1.54, 1.807) is 18.7 Å². The van der Waals surface area contributed by atoms with Crippen molar-refractivity contribution in [3.8, 4) is 0 Å². The number of fused-ring (bicyclic) bond motifs is 3. The number of carbonyl (C=O) groups excluding carboxylic acids is 12. The largest absolute Gasteiger partial charge is 0.422 e. The summed E-state index contributed by atoms with van der Waals surface area (Å²) in [5.74, 6) is -13.8. The van der Waals surface area contributed by atoms with E-state index in [1.807, 2.05) is 20.8 Å². The van der Waals surface area contributed by atoms with Crippen LogP contribution in [0.5, 0.6) is 0 Å². The molecule has 2 bridgehead atoms. The Hall–Kier alpha value is -7.57. The number of hydrogen-bond donors (Lipinski definition) is 3. The van der Waals surface area contributed by atoms with E-state index in [9.17, 15) is 41.9 Å². The third-order valence-corrected chi connectivity index (χ3v) is 23.6. The fourth-order valence-corrected chi connectivity index (χ4v) is 17.1. The molecule has 3 saturated carbocycles. The van der Waals surface area contributed by atoms with E-state index in [-0.39, 0.29) is 88.0 Å². The lowest BCUT2D eigenvalue weighted by Gasteiger charge is -2.44. The van der Waals surface area contributed by atoms with Crippen LogP contribution in [0.4, 0.5) is 22.0 Å². The van der Waals surface area contributed by atoms with Gasteiger partial charge in [-0.15, -0.1) is 0 Å². The van der Waals surface area contributed by atoms with Crippen molar-refractivity contribution in [2.75, 3.05) is 95.3 Å². The van der Waals surface area contributed by atoms with E-state index in [0.717, 1.165) is 58.1 Å². The maximum atomic E-state index is 16.0. The van der Waals surface area contributed by atoms with Crippen LogP contribution in [0.2, 0.25) is 0 Å². The van der Waals surface area contributed by atoms with Gasteiger partial charge in [0.25, 0.3) is 0 Å². The number of aryl methyl sites for hydroxylation is 1. The predicted octanol–water partition coefficient (Wildman–Crippen LogP) is 5.44. The van der Waals surface area contributed by atoms with Crippen molar-refractivity contribution in [2.45, 2.75) is 254 Å². The van der Waals surface area contributed by atoms with Crippen LogP contribution in [-0.2, 0) is 79.6 Å². The molecule has 598 valence electrons. The first kappa shape index (κ1) is 85.0. The summed E-state index contributed by atoms with van der Waals surface area (Å²) in [5.41, 5.74) is -4.16. The van der Waals surface area contributed by atoms with Gasteiger partial charge in [-0.1, -0.05) is 98.3 Å². The number of nitrogens with one attached hydrogen (secondary N) is 3. The number of ether oxygens (including phenoxy) is 2. The van der Waals surface area contributed by atoms with Crippen molar-refractivity contribution in [1.82, 2.24) is 60.0 Å². The summed E-state index contributed by atoms with van der Waals surface area (Å²) in [6, 6.07) is -9.38. The van der Waals surface area contributed by atoms with Gasteiger partial charge in [0.05, 0.1) is 57.5 Å². The Morgan fingerprint density at radius 2 is 1.22 bits per heavy atom. The molecule has 0 radical (unpaired) electrons. The minimum atomic E-state index is -5.41. The summed E-state index contributed by atoms with van der Waals surface area (Å²) < 4.78 is 83.9. The van der Waals surface area contributed by atoms with Gasteiger partial charge in [0.2, 0.25) is 70.9 Å². The van der Waals surface area contributed by atoms with Gasteiger partial charge in [-0.25, -0.2) is 8.78 Å². The van der Waals surface area contributed by atoms with E-state index in [4.69, 9.17) is 9.47 Å². The molecule has 4 aliphatic heterocycles. The van der Waals surface area contributed by atoms with Crippen molar-refractivity contribution >= 4 is 70.9 Å². The highest BCUT2D eigenvalue weighted by atomic mass is 19.4. The normalized spacial score (nSPS) is 28.5. The number of carbonyl (C=O) groups is 12. The maximum Gasteiger partial charge on any atom is 0.422 e. The molecule has 4 saturated heterocycles. The van der Waals surface area contributed by atoms with Gasteiger partial charge in [0, 0.05) is 68.9 Å². The molecule has 3 aliphatic carbocycles.